The van der Waals surface area contributed by atoms with E-state index < -0.39 is 0 Å². The lowest BCUT2D eigenvalue weighted by molar-refractivity contribution is 0.0954. The maximum Gasteiger partial charge on any atom is 0.231 e. The first-order valence-electron chi connectivity index (χ1n) is 23.8. The van der Waals surface area contributed by atoms with E-state index in [9.17, 15) is 0 Å². The Balaban J connectivity index is 1.44. The van der Waals surface area contributed by atoms with Crippen LogP contribution in [0.15, 0.2) is 42.2 Å². The molecule has 0 unspecified atom stereocenters. The van der Waals surface area contributed by atoms with Crippen molar-refractivity contribution >= 4 is 63.7 Å². The molecule has 0 N–H and O–H groups in total. The molecule has 0 atom stereocenters. The van der Waals surface area contributed by atoms with Gasteiger partial charge in [0.15, 0.2) is 0 Å². The number of halogens is 4. The van der Waals surface area contributed by atoms with E-state index in [4.69, 9.17) is 37.9 Å². The van der Waals surface area contributed by atoms with E-state index in [-0.39, 0.29) is 50.8 Å². The minimum Gasteiger partial charge on any atom is -0.456 e. The highest BCUT2D eigenvalue weighted by atomic mass is 79.9. The van der Waals surface area contributed by atoms with E-state index in [2.05, 4.69) is 116 Å². The lowest BCUT2D eigenvalue weighted by Gasteiger charge is -2.36. The third kappa shape index (κ3) is 8.54. The van der Waals surface area contributed by atoms with E-state index in [1.54, 1.807) is 0 Å². The molecule has 8 nitrogen and oxygen atoms in total. The van der Waals surface area contributed by atoms with Gasteiger partial charge in [0.1, 0.15) is 63.9 Å². The average molecular weight is 1130 g/mol. The number of hydrogen-bond acceptors (Lipinski definition) is 8. The van der Waals surface area contributed by atoms with Gasteiger partial charge in [0.25, 0.3) is 0 Å². The van der Waals surface area contributed by atoms with Crippen LogP contribution in [-0.4, -0.2) is 27.2 Å². The van der Waals surface area contributed by atoms with Crippen molar-refractivity contribution < 1.29 is 37.9 Å². The van der Waals surface area contributed by atoms with E-state index >= 15 is 0 Å². The van der Waals surface area contributed by atoms with Gasteiger partial charge in [-0.3, -0.25) is 0 Å². The molecule has 12 heteroatoms. The highest BCUT2D eigenvalue weighted by molar-refractivity contribution is 9.11. The zero-order chi connectivity index (χ0) is 44.5. The minimum atomic E-state index is -0.0625. The van der Waals surface area contributed by atoms with Crippen LogP contribution in [0.1, 0.15) is 199 Å². The van der Waals surface area contributed by atoms with Gasteiger partial charge in [0, 0.05) is 68.2 Å². The summed E-state index contributed by atoms with van der Waals surface area (Å²) >= 11 is 16.4. The molecule has 0 spiro atoms. The molecule has 0 saturated heterocycles. The summed E-state index contributed by atoms with van der Waals surface area (Å²) in [7, 11) is 0. The van der Waals surface area contributed by atoms with Crippen LogP contribution in [0.25, 0.3) is 0 Å². The Labute approximate surface area is 412 Å². The van der Waals surface area contributed by atoms with Crippen molar-refractivity contribution in [3.63, 3.8) is 0 Å². The van der Waals surface area contributed by atoms with E-state index in [1.807, 2.05) is 0 Å². The van der Waals surface area contributed by atoms with Crippen LogP contribution in [0.3, 0.4) is 0 Å². The van der Waals surface area contributed by atoms with Crippen LogP contribution in [0.4, 0.5) is 0 Å². The first-order chi connectivity index (χ1) is 31.3. The predicted molar refractivity (Wildman–Crippen MR) is 265 cm³/mol. The van der Waals surface area contributed by atoms with Crippen LogP contribution in [0.2, 0.25) is 0 Å². The van der Waals surface area contributed by atoms with Gasteiger partial charge >= 0.3 is 0 Å². The second kappa shape index (κ2) is 20.6. The molecule has 0 saturated carbocycles. The second-order valence-corrected chi connectivity index (χ2v) is 21.1. The summed E-state index contributed by atoms with van der Waals surface area (Å²) in [6.45, 7) is 9.10. The van der Waals surface area contributed by atoms with Crippen LogP contribution in [-0.2, 0) is 0 Å². The summed E-state index contributed by atoms with van der Waals surface area (Å²) in [5.41, 5.74) is 9.06. The third-order valence-corrected chi connectivity index (χ3v) is 16.8. The van der Waals surface area contributed by atoms with Gasteiger partial charge in [-0.15, -0.1) is 0 Å². The molecule has 4 aromatic carbocycles. The highest BCUT2D eigenvalue weighted by Gasteiger charge is 2.40. The maximum atomic E-state index is 6.72. The van der Waals surface area contributed by atoms with Gasteiger partial charge < -0.3 is 37.9 Å². The predicted octanol–water partition coefficient (Wildman–Crippen LogP) is 16.8. The van der Waals surface area contributed by atoms with Crippen LogP contribution < -0.4 is 37.9 Å². The Morgan fingerprint density at radius 1 is 0.312 bits per heavy atom. The molecule has 9 rings (SSSR count). The molecule has 4 heterocycles. The van der Waals surface area contributed by atoms with E-state index in [1.165, 1.54) is 0 Å². The number of unbranched alkanes of at least 4 members (excludes halogenated alkanes) is 8. The van der Waals surface area contributed by atoms with Gasteiger partial charge in [0.2, 0.25) is 27.2 Å². The van der Waals surface area contributed by atoms with Crippen LogP contribution in [0, 0.1) is 0 Å². The van der Waals surface area contributed by atoms with Crippen molar-refractivity contribution in [2.75, 3.05) is 27.2 Å². The van der Waals surface area contributed by atoms with Crippen molar-refractivity contribution in [3.05, 3.63) is 86.7 Å². The molecule has 64 heavy (non-hydrogen) atoms. The summed E-state index contributed by atoms with van der Waals surface area (Å²) < 4.78 is 56.9. The van der Waals surface area contributed by atoms with E-state index in [0.717, 1.165) is 211 Å². The molecule has 1 aliphatic carbocycles. The van der Waals surface area contributed by atoms with Gasteiger partial charge in [-0.25, -0.2) is 0 Å². The van der Waals surface area contributed by atoms with Crippen molar-refractivity contribution in [1.29, 1.82) is 0 Å². The summed E-state index contributed by atoms with van der Waals surface area (Å²) in [5, 5.41) is 0. The molecule has 0 amide bonds. The number of hydrogen-bond donors (Lipinski definition) is 0. The Morgan fingerprint density at radius 2 is 0.484 bits per heavy atom. The zero-order valence-electron chi connectivity index (χ0n) is 37.5. The third-order valence-electron chi connectivity index (χ3n) is 14.0. The zero-order valence-corrected chi connectivity index (χ0v) is 43.9. The quantitative estimate of drug-likeness (QED) is 0.103. The summed E-state index contributed by atoms with van der Waals surface area (Å²) in [4.78, 5) is 0. The maximum absolute atomic E-state index is 6.72. The molecule has 4 aliphatic heterocycles. The number of ether oxygens (including phenoxy) is 8. The van der Waals surface area contributed by atoms with Gasteiger partial charge in [-0.2, -0.15) is 0 Å². The summed E-state index contributed by atoms with van der Waals surface area (Å²) in [6, 6.07) is 9.65. The smallest absolute Gasteiger partial charge is 0.231 e. The fourth-order valence-electron chi connectivity index (χ4n) is 10.8. The topological polar surface area (TPSA) is 73.8 Å². The molecular formula is C52H60Br4O8. The first kappa shape index (κ1) is 46.3. The Morgan fingerprint density at radius 3 is 0.641 bits per heavy atom. The Kier molecular flexibility index (Phi) is 14.9. The monoisotopic (exact) mass is 1130 g/mol. The average Bonchev–Trinajstić information content (AvgIpc) is 3.26. The lowest BCUT2D eigenvalue weighted by atomic mass is 9.76. The van der Waals surface area contributed by atoms with Crippen LogP contribution >= 0.6 is 63.7 Å². The minimum absolute atomic E-state index is 0.00651. The number of benzene rings is 4. The number of rotatable bonds is 16. The molecule has 0 aromatic heterocycles. The SMILES string of the molecule is CCCCCC1c2cc3c4c(Br)c2OCOc2c1cc1c(c2Br)OCOc2c(cc5c(c2Br)OCOc2c(cc(c(c2Br)OCO4)C3CCCCC)C5CCCCC)C1CCCCC. The van der Waals surface area contributed by atoms with E-state index in [0.29, 0.717) is 0 Å². The standard InChI is InChI=1S/C52H60Br4O8/c1-5-9-13-17-29-33-21-35-30(18-14-10-6-2)37-23-39-32(20-16-12-8-4)40-24-38-31(19-15-11-7-3)36-22-34(29)46-42(54)48(36)60-27-62-50(38)44(56)52(40)64-28-63-51(39)43(55)49(37)61-26-59-47(35)41(53)45(33)57-25-58-46/h21-24,29-32H,5-20,25-28H2,1-4H3. The van der Waals surface area contributed by atoms with Crippen molar-refractivity contribution in [3.8, 4) is 46.0 Å². The Bertz CT molecular complexity index is 1920. The lowest BCUT2D eigenvalue weighted by Crippen LogP contribution is -2.23. The van der Waals surface area contributed by atoms with Gasteiger partial charge in [0.05, 0.1) is 0 Å². The highest BCUT2D eigenvalue weighted by Crippen LogP contribution is 2.60. The van der Waals surface area contributed by atoms with Gasteiger partial charge in [-0.05, 0) is 114 Å². The molecule has 4 aromatic rings. The molecule has 344 valence electrons. The van der Waals surface area contributed by atoms with Crippen molar-refractivity contribution in [2.45, 2.75) is 154 Å². The summed E-state index contributed by atoms with van der Waals surface area (Å²) in [6.07, 6.45) is 16.7. The largest absolute Gasteiger partial charge is 0.456 e. The van der Waals surface area contributed by atoms with Crippen molar-refractivity contribution in [1.82, 2.24) is 0 Å². The van der Waals surface area contributed by atoms with Crippen LogP contribution in [0.5, 0.6) is 46.0 Å². The fraction of sp³-hybridized carbons (Fsp3) is 0.538. The molecule has 0 fully saturated rings. The fourth-order valence-corrected chi connectivity index (χ4v) is 13.5. The molecule has 8 bridgehead atoms. The van der Waals surface area contributed by atoms with Gasteiger partial charge in [-0.1, -0.05) is 105 Å². The normalized spacial score (nSPS) is 19.8. The second-order valence-electron chi connectivity index (χ2n) is 17.9. The summed E-state index contributed by atoms with van der Waals surface area (Å²) in [5.74, 6) is 5.77. The van der Waals surface area contributed by atoms with Crippen molar-refractivity contribution in [2.24, 2.45) is 0 Å². The first-order valence-corrected chi connectivity index (χ1v) is 27.0. The molecule has 5 aliphatic rings. The molecule has 0 radical (unpaired) electrons. The Hall–Kier alpha value is -2.80. The molecular weight excluding hydrogens is 1070 g/mol.